The Bertz CT molecular complexity index is 430. The van der Waals surface area contributed by atoms with Gasteiger partial charge in [-0.1, -0.05) is 6.07 Å². The highest BCUT2D eigenvalue weighted by Crippen LogP contribution is 2.15. The molecule has 0 aromatic heterocycles. The first kappa shape index (κ1) is 13.2. The van der Waals surface area contributed by atoms with Crippen molar-refractivity contribution in [3.63, 3.8) is 0 Å². The Morgan fingerprint density at radius 2 is 2.12 bits per heavy atom. The third kappa shape index (κ3) is 3.88. The number of nitrogens with two attached hydrogens (primary N) is 1. The van der Waals surface area contributed by atoms with Crippen LogP contribution >= 0.6 is 0 Å². The number of aromatic carboxylic acids is 1. The minimum Gasteiger partial charge on any atom is -0.478 e. The van der Waals surface area contributed by atoms with Crippen LogP contribution in [0.1, 0.15) is 28.8 Å². The van der Waals surface area contributed by atoms with Gasteiger partial charge in [0.25, 0.3) is 0 Å². The van der Waals surface area contributed by atoms with E-state index in [2.05, 4.69) is 5.32 Å². The van der Waals surface area contributed by atoms with Crippen molar-refractivity contribution in [1.82, 2.24) is 0 Å². The maximum Gasteiger partial charge on any atom is 0.336 e. The molecule has 5 nitrogen and oxygen atoms in total. The summed E-state index contributed by atoms with van der Waals surface area (Å²) in [6.07, 6.45) is 0.955. The minimum atomic E-state index is -0.999. The van der Waals surface area contributed by atoms with E-state index in [4.69, 9.17) is 10.8 Å². The van der Waals surface area contributed by atoms with E-state index in [0.29, 0.717) is 30.6 Å². The fourth-order valence-corrected chi connectivity index (χ4v) is 1.42. The van der Waals surface area contributed by atoms with Gasteiger partial charge in [-0.3, -0.25) is 4.79 Å². The van der Waals surface area contributed by atoms with Crippen LogP contribution in [-0.4, -0.2) is 23.5 Å². The van der Waals surface area contributed by atoms with Gasteiger partial charge in [-0.25, -0.2) is 4.79 Å². The molecule has 5 heteroatoms. The summed E-state index contributed by atoms with van der Waals surface area (Å²) in [5.74, 6) is -1.16. The summed E-state index contributed by atoms with van der Waals surface area (Å²) in [6, 6.07) is 4.81. The van der Waals surface area contributed by atoms with Gasteiger partial charge in [-0.2, -0.15) is 0 Å². The zero-order valence-corrected chi connectivity index (χ0v) is 9.69. The SMILES string of the molecule is Cc1ccc(NC(=O)CCCN)cc1C(=O)O. The highest BCUT2D eigenvalue weighted by molar-refractivity contribution is 5.94. The maximum atomic E-state index is 11.4. The molecule has 0 heterocycles. The summed E-state index contributed by atoms with van der Waals surface area (Å²) < 4.78 is 0. The third-order valence-electron chi connectivity index (χ3n) is 2.36. The first-order valence-corrected chi connectivity index (χ1v) is 5.38. The van der Waals surface area contributed by atoms with Crippen LogP contribution in [0.2, 0.25) is 0 Å². The van der Waals surface area contributed by atoms with Gasteiger partial charge < -0.3 is 16.2 Å². The Morgan fingerprint density at radius 1 is 1.41 bits per heavy atom. The van der Waals surface area contributed by atoms with Crippen molar-refractivity contribution >= 4 is 17.6 Å². The first-order chi connectivity index (χ1) is 8.04. The molecule has 4 N–H and O–H groups in total. The van der Waals surface area contributed by atoms with E-state index in [1.54, 1.807) is 19.1 Å². The molecule has 17 heavy (non-hydrogen) atoms. The van der Waals surface area contributed by atoms with Crippen molar-refractivity contribution in [1.29, 1.82) is 0 Å². The number of anilines is 1. The number of nitrogens with one attached hydrogen (secondary N) is 1. The van der Waals surface area contributed by atoms with Crippen LogP contribution in [0.5, 0.6) is 0 Å². The Labute approximate surface area is 99.6 Å². The van der Waals surface area contributed by atoms with Gasteiger partial charge >= 0.3 is 5.97 Å². The van der Waals surface area contributed by atoms with Gasteiger partial charge in [0.15, 0.2) is 0 Å². The van der Waals surface area contributed by atoms with Crippen LogP contribution in [0.25, 0.3) is 0 Å². The molecule has 0 spiro atoms. The summed E-state index contributed by atoms with van der Waals surface area (Å²) in [5.41, 5.74) is 6.65. The van der Waals surface area contributed by atoms with Crippen LogP contribution in [0, 0.1) is 6.92 Å². The van der Waals surface area contributed by atoms with Crippen LogP contribution in [0.15, 0.2) is 18.2 Å². The van der Waals surface area contributed by atoms with E-state index in [1.165, 1.54) is 6.07 Å². The monoisotopic (exact) mass is 236 g/mol. The second-order valence-corrected chi connectivity index (χ2v) is 3.78. The topological polar surface area (TPSA) is 92.4 Å². The number of carbonyl (C=O) groups excluding carboxylic acids is 1. The molecule has 92 valence electrons. The quantitative estimate of drug-likeness (QED) is 0.719. The van der Waals surface area contributed by atoms with Crippen LogP contribution in [0.4, 0.5) is 5.69 Å². The smallest absolute Gasteiger partial charge is 0.336 e. The Kier molecular flexibility index (Phi) is 4.66. The van der Waals surface area contributed by atoms with Crippen molar-refractivity contribution < 1.29 is 14.7 Å². The average molecular weight is 236 g/mol. The van der Waals surface area contributed by atoms with E-state index in [-0.39, 0.29) is 11.5 Å². The van der Waals surface area contributed by atoms with Crippen LogP contribution in [0.3, 0.4) is 0 Å². The lowest BCUT2D eigenvalue weighted by molar-refractivity contribution is -0.116. The van der Waals surface area contributed by atoms with Crippen molar-refractivity contribution in [2.24, 2.45) is 5.73 Å². The number of benzene rings is 1. The highest BCUT2D eigenvalue weighted by Gasteiger charge is 2.09. The molecule has 1 aromatic rings. The Balaban J connectivity index is 2.75. The molecule has 0 fully saturated rings. The standard InChI is InChI=1S/C12H16N2O3/c1-8-4-5-9(7-10(8)12(16)17)14-11(15)3-2-6-13/h4-5,7H,2-3,6,13H2,1H3,(H,14,15)(H,16,17). The lowest BCUT2D eigenvalue weighted by Gasteiger charge is -2.07. The summed E-state index contributed by atoms with van der Waals surface area (Å²) in [4.78, 5) is 22.3. The van der Waals surface area contributed by atoms with Crippen molar-refractivity contribution in [2.75, 3.05) is 11.9 Å². The van der Waals surface area contributed by atoms with E-state index in [0.717, 1.165) is 0 Å². The summed E-state index contributed by atoms with van der Waals surface area (Å²) >= 11 is 0. The number of hydrogen-bond donors (Lipinski definition) is 3. The number of aryl methyl sites for hydroxylation is 1. The first-order valence-electron chi connectivity index (χ1n) is 5.38. The van der Waals surface area contributed by atoms with Gasteiger partial charge in [-0.15, -0.1) is 0 Å². The van der Waals surface area contributed by atoms with Gasteiger partial charge in [-0.05, 0) is 37.6 Å². The normalized spacial score (nSPS) is 10.0. The molecule has 0 saturated heterocycles. The molecule has 0 bridgehead atoms. The molecule has 0 atom stereocenters. The highest BCUT2D eigenvalue weighted by atomic mass is 16.4. The lowest BCUT2D eigenvalue weighted by atomic mass is 10.1. The van der Waals surface area contributed by atoms with Crippen molar-refractivity contribution in [2.45, 2.75) is 19.8 Å². The number of hydrogen-bond acceptors (Lipinski definition) is 3. The predicted molar refractivity (Wildman–Crippen MR) is 65.1 cm³/mol. The summed E-state index contributed by atoms with van der Waals surface area (Å²) in [5, 5.41) is 11.6. The molecule has 0 aliphatic rings. The maximum absolute atomic E-state index is 11.4. The van der Waals surface area contributed by atoms with Gasteiger partial charge in [0.05, 0.1) is 5.56 Å². The second kappa shape index (κ2) is 6.00. The third-order valence-corrected chi connectivity index (χ3v) is 2.36. The van der Waals surface area contributed by atoms with E-state index in [1.807, 2.05) is 0 Å². The second-order valence-electron chi connectivity index (χ2n) is 3.78. The molecule has 0 unspecified atom stereocenters. The molecule has 1 amide bonds. The van der Waals surface area contributed by atoms with E-state index in [9.17, 15) is 9.59 Å². The average Bonchev–Trinajstić information content (AvgIpc) is 2.28. The minimum absolute atomic E-state index is 0.157. The Hall–Kier alpha value is -1.88. The molecule has 0 radical (unpaired) electrons. The van der Waals surface area contributed by atoms with Crippen molar-refractivity contribution in [3.05, 3.63) is 29.3 Å². The van der Waals surface area contributed by atoms with Gasteiger partial charge in [0.2, 0.25) is 5.91 Å². The molecule has 0 aliphatic heterocycles. The molecule has 1 aromatic carbocycles. The molecule has 1 rings (SSSR count). The molecular formula is C12H16N2O3. The van der Waals surface area contributed by atoms with E-state index >= 15 is 0 Å². The molecule has 0 aliphatic carbocycles. The largest absolute Gasteiger partial charge is 0.478 e. The fourth-order valence-electron chi connectivity index (χ4n) is 1.42. The lowest BCUT2D eigenvalue weighted by Crippen LogP contribution is -2.14. The summed E-state index contributed by atoms with van der Waals surface area (Å²) in [6.45, 7) is 2.17. The zero-order chi connectivity index (χ0) is 12.8. The molecule has 0 saturated carbocycles. The van der Waals surface area contributed by atoms with Crippen LogP contribution < -0.4 is 11.1 Å². The Morgan fingerprint density at radius 3 is 2.71 bits per heavy atom. The van der Waals surface area contributed by atoms with E-state index < -0.39 is 5.97 Å². The number of carboxylic acids is 1. The zero-order valence-electron chi connectivity index (χ0n) is 9.69. The number of carbonyl (C=O) groups is 2. The number of amides is 1. The fraction of sp³-hybridized carbons (Fsp3) is 0.333. The van der Waals surface area contributed by atoms with Crippen molar-refractivity contribution in [3.8, 4) is 0 Å². The van der Waals surface area contributed by atoms with Gasteiger partial charge in [0, 0.05) is 12.1 Å². The predicted octanol–water partition coefficient (Wildman–Crippen LogP) is 1.37. The van der Waals surface area contributed by atoms with Crippen LogP contribution in [-0.2, 0) is 4.79 Å². The van der Waals surface area contributed by atoms with Gasteiger partial charge in [0.1, 0.15) is 0 Å². The number of rotatable bonds is 5. The summed E-state index contributed by atoms with van der Waals surface area (Å²) in [7, 11) is 0. The number of carboxylic acid groups (broad SMARTS) is 1. The molecular weight excluding hydrogens is 220 g/mol.